The summed E-state index contributed by atoms with van der Waals surface area (Å²) in [6.07, 6.45) is 5.87. The Morgan fingerprint density at radius 1 is 1.02 bits per heavy atom. The van der Waals surface area contributed by atoms with Gasteiger partial charge in [-0.15, -0.1) is 23.4 Å². The number of aromatic nitrogens is 3. The number of hydrogen-bond acceptors (Lipinski definition) is 8. The van der Waals surface area contributed by atoms with E-state index in [1.54, 1.807) is 11.3 Å². The number of benzene rings is 3. The van der Waals surface area contributed by atoms with E-state index in [0.717, 1.165) is 61.1 Å². The SMILES string of the molecule is CC(C)Cc1cc(-c2[c-]cc(C(=O)OO)cc2F)ncc1[Si](C)(C)c1ccccc1.Cc1ccc2c(n1)sc1n[c-]c(C3[N-]c4ccccc4N3C(C)(C)C)cc12.[Ir+3]. The second kappa shape index (κ2) is 17.2. The molecule has 0 saturated carbocycles. The molecule has 298 valence electrons. The van der Waals surface area contributed by atoms with Gasteiger partial charge < -0.3 is 25.1 Å². The average Bonchev–Trinajstić information content (AvgIpc) is 3.76. The van der Waals surface area contributed by atoms with E-state index in [4.69, 9.17) is 10.6 Å². The molecule has 1 atom stereocenters. The molecule has 58 heavy (non-hydrogen) atoms. The summed E-state index contributed by atoms with van der Waals surface area (Å²) in [5.74, 6) is -1.25. The number of fused-ring (bicyclic) bond motifs is 4. The first-order chi connectivity index (χ1) is 27.1. The molecule has 0 fully saturated rings. The van der Waals surface area contributed by atoms with Crippen molar-refractivity contribution in [2.45, 2.75) is 72.8 Å². The van der Waals surface area contributed by atoms with Crippen molar-refractivity contribution in [2.24, 2.45) is 5.92 Å². The maximum absolute atomic E-state index is 14.7. The molecule has 8 nitrogen and oxygen atoms in total. The van der Waals surface area contributed by atoms with Gasteiger partial charge in [-0.25, -0.2) is 10.2 Å². The van der Waals surface area contributed by atoms with Crippen LogP contribution in [-0.4, -0.2) is 39.8 Å². The summed E-state index contributed by atoms with van der Waals surface area (Å²) in [6, 6.07) is 32.2. The topological polar surface area (TPSA) is 103 Å². The number of para-hydroxylation sites is 2. The number of aryl methyl sites for hydroxylation is 1. The second-order valence-electron chi connectivity index (χ2n) is 16.3. The van der Waals surface area contributed by atoms with Crippen molar-refractivity contribution in [1.29, 1.82) is 0 Å². The third kappa shape index (κ3) is 8.62. The van der Waals surface area contributed by atoms with Crippen molar-refractivity contribution in [2.75, 3.05) is 4.90 Å². The number of rotatable bonds is 7. The molecule has 0 amide bonds. The summed E-state index contributed by atoms with van der Waals surface area (Å²) in [5, 5.41) is 18.3. The minimum Gasteiger partial charge on any atom is -0.661 e. The van der Waals surface area contributed by atoms with Crippen LogP contribution in [0.4, 0.5) is 15.8 Å². The molecule has 0 bridgehead atoms. The molecular formula is C46H45FIrN5O3SSi. The van der Waals surface area contributed by atoms with Gasteiger partial charge in [-0.3, -0.25) is 9.18 Å². The fraction of sp³-hybridized carbons (Fsp3) is 0.261. The van der Waals surface area contributed by atoms with E-state index >= 15 is 0 Å². The third-order valence-corrected chi connectivity index (χ3v) is 14.8. The van der Waals surface area contributed by atoms with E-state index in [1.165, 1.54) is 16.4 Å². The van der Waals surface area contributed by atoms with Crippen molar-refractivity contribution in [3.8, 4) is 11.3 Å². The molecule has 5 heterocycles. The van der Waals surface area contributed by atoms with Gasteiger partial charge in [0.05, 0.1) is 0 Å². The van der Waals surface area contributed by atoms with Gasteiger partial charge in [0.25, 0.3) is 0 Å². The van der Waals surface area contributed by atoms with Crippen molar-refractivity contribution in [3.05, 3.63) is 143 Å². The van der Waals surface area contributed by atoms with E-state index < -0.39 is 19.9 Å². The monoisotopic (exact) mass is 987 g/mol. The smallest absolute Gasteiger partial charge is 0.661 e. The van der Waals surface area contributed by atoms with Gasteiger partial charge in [-0.2, -0.15) is 17.4 Å². The van der Waals surface area contributed by atoms with Crippen LogP contribution in [0.1, 0.15) is 68.0 Å². The molecule has 0 aliphatic carbocycles. The van der Waals surface area contributed by atoms with E-state index in [9.17, 15) is 9.18 Å². The fourth-order valence-corrected chi connectivity index (χ4v) is 11.2. The molecule has 8 rings (SSSR count). The summed E-state index contributed by atoms with van der Waals surface area (Å²) in [7, 11) is -1.99. The van der Waals surface area contributed by atoms with Crippen molar-refractivity contribution in [3.63, 3.8) is 0 Å². The Morgan fingerprint density at radius 3 is 2.43 bits per heavy atom. The van der Waals surface area contributed by atoms with Crippen LogP contribution in [-0.2, 0) is 31.4 Å². The first-order valence-electron chi connectivity index (χ1n) is 19.0. The Balaban J connectivity index is 0.000000193. The summed E-state index contributed by atoms with van der Waals surface area (Å²) >= 11 is 1.62. The van der Waals surface area contributed by atoms with Crippen LogP contribution in [0.3, 0.4) is 0 Å². The zero-order valence-corrected chi connectivity index (χ0v) is 37.9. The van der Waals surface area contributed by atoms with Gasteiger partial charge >= 0.3 is 26.1 Å². The van der Waals surface area contributed by atoms with Gasteiger partial charge in [0, 0.05) is 33.8 Å². The van der Waals surface area contributed by atoms with E-state index in [-0.39, 0.29) is 42.9 Å². The first-order valence-corrected chi connectivity index (χ1v) is 22.8. The number of carbonyl (C=O) groups is 1. The molecule has 1 aliphatic rings. The molecule has 3 aromatic carbocycles. The largest absolute Gasteiger partial charge is 3.00 e. The fourth-order valence-electron chi connectivity index (χ4n) is 7.42. The normalized spacial score (nSPS) is 13.8. The van der Waals surface area contributed by atoms with Crippen molar-refractivity contribution in [1.82, 2.24) is 15.0 Å². The van der Waals surface area contributed by atoms with E-state index in [1.807, 2.05) is 31.3 Å². The van der Waals surface area contributed by atoms with Crippen LogP contribution in [0, 0.1) is 30.9 Å². The number of carbonyl (C=O) groups excluding carboxylic acids is 1. The third-order valence-electron chi connectivity index (χ3n) is 10.2. The Morgan fingerprint density at radius 2 is 1.74 bits per heavy atom. The molecule has 4 aromatic heterocycles. The summed E-state index contributed by atoms with van der Waals surface area (Å²) < 4.78 is 14.7. The molecule has 0 saturated heterocycles. The van der Waals surface area contributed by atoms with Crippen molar-refractivity contribution < 1.29 is 39.4 Å². The molecule has 12 heteroatoms. The summed E-state index contributed by atoms with van der Waals surface area (Å²) in [6.45, 7) is 17.6. The van der Waals surface area contributed by atoms with Gasteiger partial charge in [0.1, 0.15) is 12.9 Å². The Hall–Kier alpha value is -4.84. The van der Waals surface area contributed by atoms with Crippen LogP contribution in [0.15, 0.2) is 97.2 Å². The number of hydrogen-bond donors (Lipinski definition) is 1. The maximum atomic E-state index is 14.7. The van der Waals surface area contributed by atoms with E-state index in [0.29, 0.717) is 11.6 Å². The van der Waals surface area contributed by atoms with Gasteiger partial charge in [-0.1, -0.05) is 122 Å². The summed E-state index contributed by atoms with van der Waals surface area (Å²) in [4.78, 5) is 33.3. The predicted molar refractivity (Wildman–Crippen MR) is 231 cm³/mol. The molecule has 1 unspecified atom stereocenters. The summed E-state index contributed by atoms with van der Waals surface area (Å²) in [5.41, 5.74) is 5.83. The second-order valence-corrected chi connectivity index (χ2v) is 21.6. The maximum Gasteiger partial charge on any atom is 3.00 e. The van der Waals surface area contributed by atoms with Crippen LogP contribution in [0.5, 0.6) is 0 Å². The number of nitrogens with zero attached hydrogens (tertiary/aromatic N) is 5. The predicted octanol–water partition coefficient (Wildman–Crippen LogP) is 10.6. The first kappa shape index (κ1) is 42.8. The molecule has 0 spiro atoms. The van der Waals surface area contributed by atoms with Crippen LogP contribution >= 0.6 is 11.3 Å². The van der Waals surface area contributed by atoms with Crippen LogP contribution < -0.4 is 15.3 Å². The number of halogens is 1. The standard InChI is InChI=1S/C24H25FNO3Si.C22H20N4S.Ir/c1-16(2)12-18-14-22(20-11-10-17(13-21(20)25)24(27)29-28)26-15-23(18)30(3,4)19-8-6-5-7-9-19;1-13-9-10-15-16-11-14(12-23-20(16)27-21(15)24-13)19-25-17-7-5-6-8-18(17)26(19)22(2,3)4;/h5-10,13-16,28H,12H2,1-4H3;5-11,19H,1-4H3;/q-1;-2;+3. The zero-order valence-electron chi connectivity index (χ0n) is 33.7. The van der Waals surface area contributed by atoms with Gasteiger partial charge in [0.2, 0.25) is 0 Å². The Labute approximate surface area is 357 Å². The quantitative estimate of drug-likeness (QED) is 0.0734. The molecule has 7 aromatic rings. The number of pyridine rings is 3. The zero-order chi connectivity index (χ0) is 40.6. The van der Waals surface area contributed by atoms with Crippen LogP contribution in [0.25, 0.3) is 37.0 Å². The average molecular weight is 987 g/mol. The molecule has 1 N–H and O–H groups in total. The van der Waals surface area contributed by atoms with Gasteiger partial charge in [-0.05, 0) is 80.2 Å². The Kier molecular flexibility index (Phi) is 12.7. The van der Waals surface area contributed by atoms with Crippen molar-refractivity contribution >= 4 is 67.6 Å². The minimum absolute atomic E-state index is 0. The van der Waals surface area contributed by atoms with E-state index in [2.05, 4.69) is 145 Å². The molecule has 0 radical (unpaired) electrons. The number of anilines is 1. The molecular weight excluding hydrogens is 942 g/mol. The Bertz CT molecular complexity index is 2600. The minimum atomic E-state index is -1.99. The number of thiophene rings is 1. The van der Waals surface area contributed by atoms with Crippen LogP contribution in [0.2, 0.25) is 13.1 Å². The molecule has 1 aliphatic heterocycles. The van der Waals surface area contributed by atoms with Gasteiger partial charge in [0.15, 0.2) is 0 Å².